The Morgan fingerprint density at radius 1 is 0.500 bits per heavy atom. The molecule has 1 heterocycles. The lowest BCUT2D eigenvalue weighted by Gasteiger charge is -2.36. The summed E-state index contributed by atoms with van der Waals surface area (Å²) in [5.74, 6) is 0.693. The topological polar surface area (TPSA) is 6.48 Å². The number of nitrogens with zero attached hydrogens (tertiary/aromatic N) is 2. The smallest absolute Gasteiger partial charge is 0.103 e. The number of hydrogen-bond donors (Lipinski definition) is 0. The molecule has 0 spiro atoms. The first-order valence-corrected chi connectivity index (χ1v) is 13.9. The highest BCUT2D eigenvalue weighted by Crippen LogP contribution is 2.24. The molecule has 2 heteroatoms. The van der Waals surface area contributed by atoms with E-state index in [2.05, 4.69) is 49.9 Å². The Kier molecular flexibility index (Phi) is 17.4. The maximum atomic E-state index is 2.61. The summed E-state index contributed by atoms with van der Waals surface area (Å²) in [4.78, 5) is 5.20. The lowest BCUT2D eigenvalue weighted by atomic mass is 10.0. The van der Waals surface area contributed by atoms with E-state index in [1.165, 1.54) is 129 Å². The predicted molar refractivity (Wildman–Crippen MR) is 136 cm³/mol. The van der Waals surface area contributed by atoms with Gasteiger partial charge in [0.2, 0.25) is 0 Å². The predicted octanol–water partition coefficient (Wildman–Crippen LogP) is 9.12. The number of unbranched alkanes of at least 4 members (excludes halogenated alkanes) is 16. The summed E-state index contributed by atoms with van der Waals surface area (Å²) in [7, 11) is 0. The molecule has 0 N–H and O–H groups in total. The molecule has 0 saturated heterocycles. The van der Waals surface area contributed by atoms with Crippen LogP contribution in [0.1, 0.15) is 143 Å². The van der Waals surface area contributed by atoms with E-state index in [9.17, 15) is 0 Å². The maximum Gasteiger partial charge on any atom is 0.103 e. The summed E-state index contributed by atoms with van der Waals surface area (Å²) in [5, 5.41) is 0. The zero-order valence-corrected chi connectivity index (χ0v) is 21.3. The molecule has 0 aromatic heterocycles. The molecule has 1 unspecified atom stereocenters. The minimum Gasteiger partial charge on any atom is -0.356 e. The van der Waals surface area contributed by atoms with Gasteiger partial charge in [-0.15, -0.1) is 0 Å². The van der Waals surface area contributed by atoms with Crippen LogP contribution in [0.3, 0.4) is 0 Å². The van der Waals surface area contributed by atoms with Crippen LogP contribution in [0.4, 0.5) is 0 Å². The van der Waals surface area contributed by atoms with Crippen molar-refractivity contribution in [3.63, 3.8) is 0 Å². The molecule has 0 fully saturated rings. The van der Waals surface area contributed by atoms with E-state index in [-0.39, 0.29) is 0 Å². The summed E-state index contributed by atoms with van der Waals surface area (Å²) in [6, 6.07) is 0. The van der Waals surface area contributed by atoms with E-state index in [4.69, 9.17) is 0 Å². The van der Waals surface area contributed by atoms with Crippen molar-refractivity contribution >= 4 is 0 Å². The van der Waals surface area contributed by atoms with E-state index < -0.39 is 0 Å². The summed E-state index contributed by atoms with van der Waals surface area (Å²) in [5.41, 5.74) is 0. The molecular weight excluding hydrogens is 364 g/mol. The highest BCUT2D eigenvalue weighted by molar-refractivity contribution is 4.98. The summed E-state index contributed by atoms with van der Waals surface area (Å²) in [6.07, 6.45) is 31.0. The second-order valence-electron chi connectivity index (χ2n) is 10.1. The molecule has 1 atom stereocenters. The van der Waals surface area contributed by atoms with Crippen molar-refractivity contribution in [3.05, 3.63) is 12.4 Å². The maximum absolute atomic E-state index is 2.61. The average molecular weight is 421 g/mol. The molecule has 0 aromatic rings. The lowest BCUT2D eigenvalue weighted by molar-refractivity contribution is 0.104. The highest BCUT2D eigenvalue weighted by Gasteiger charge is 2.27. The molecule has 0 amide bonds. The molecule has 178 valence electrons. The van der Waals surface area contributed by atoms with Crippen LogP contribution < -0.4 is 0 Å². The van der Waals surface area contributed by atoms with Gasteiger partial charge in [0.25, 0.3) is 0 Å². The van der Waals surface area contributed by atoms with Gasteiger partial charge in [0.05, 0.1) is 0 Å². The largest absolute Gasteiger partial charge is 0.356 e. The van der Waals surface area contributed by atoms with Crippen LogP contribution >= 0.6 is 0 Å². The third-order valence-electron chi connectivity index (χ3n) is 6.77. The van der Waals surface area contributed by atoms with Crippen LogP contribution in [-0.2, 0) is 0 Å². The lowest BCUT2D eigenvalue weighted by Crippen LogP contribution is -2.43. The quantitative estimate of drug-likeness (QED) is 0.171. The van der Waals surface area contributed by atoms with Crippen molar-refractivity contribution in [3.8, 4) is 0 Å². The van der Waals surface area contributed by atoms with E-state index in [0.717, 1.165) is 0 Å². The molecule has 0 aromatic carbocycles. The molecule has 0 bridgehead atoms. The molecule has 2 nitrogen and oxygen atoms in total. The van der Waals surface area contributed by atoms with Gasteiger partial charge in [-0.05, 0) is 18.8 Å². The van der Waals surface area contributed by atoms with E-state index in [1.54, 1.807) is 0 Å². The molecule has 1 aliphatic heterocycles. The van der Waals surface area contributed by atoms with Crippen molar-refractivity contribution < 1.29 is 0 Å². The SMILES string of the molecule is CCCCCCCCCCCCCCCCCN1C=CN(CCCCC)C1C(C)C. The molecule has 0 saturated carbocycles. The standard InChI is InChI=1S/C28H56N2/c1-5-7-9-10-11-12-13-14-15-16-17-18-19-20-22-24-30-26-25-29(23-21-8-6-2)28(30)27(3)4/h25-28H,5-24H2,1-4H3. The van der Waals surface area contributed by atoms with Crippen molar-refractivity contribution in [1.82, 2.24) is 9.80 Å². The van der Waals surface area contributed by atoms with Gasteiger partial charge in [-0.2, -0.15) is 0 Å². The van der Waals surface area contributed by atoms with Gasteiger partial charge in [-0.25, -0.2) is 0 Å². The van der Waals surface area contributed by atoms with Gasteiger partial charge >= 0.3 is 0 Å². The van der Waals surface area contributed by atoms with Crippen LogP contribution in [0.5, 0.6) is 0 Å². The van der Waals surface area contributed by atoms with E-state index in [0.29, 0.717) is 12.1 Å². The third kappa shape index (κ3) is 12.9. The first kappa shape index (κ1) is 27.4. The molecule has 1 rings (SSSR count). The minimum atomic E-state index is 0.591. The summed E-state index contributed by atoms with van der Waals surface area (Å²) >= 11 is 0. The summed E-state index contributed by atoms with van der Waals surface area (Å²) in [6.45, 7) is 11.8. The van der Waals surface area contributed by atoms with Crippen LogP contribution in [-0.4, -0.2) is 29.1 Å². The van der Waals surface area contributed by atoms with Gasteiger partial charge in [-0.3, -0.25) is 0 Å². The number of rotatable bonds is 21. The van der Waals surface area contributed by atoms with E-state index >= 15 is 0 Å². The molecule has 0 aliphatic carbocycles. The molecular formula is C28H56N2. The fourth-order valence-corrected chi connectivity index (χ4v) is 4.93. The van der Waals surface area contributed by atoms with Gasteiger partial charge in [0, 0.05) is 25.5 Å². The van der Waals surface area contributed by atoms with Crippen molar-refractivity contribution in [2.24, 2.45) is 5.92 Å². The molecule has 0 radical (unpaired) electrons. The Morgan fingerprint density at radius 2 is 0.800 bits per heavy atom. The first-order valence-electron chi connectivity index (χ1n) is 13.9. The highest BCUT2D eigenvalue weighted by atomic mass is 15.4. The van der Waals surface area contributed by atoms with E-state index in [1.807, 2.05) is 0 Å². The molecule has 30 heavy (non-hydrogen) atoms. The van der Waals surface area contributed by atoms with Crippen LogP contribution in [0.25, 0.3) is 0 Å². The van der Waals surface area contributed by atoms with Crippen molar-refractivity contribution in [1.29, 1.82) is 0 Å². The van der Waals surface area contributed by atoms with Crippen LogP contribution in [0.2, 0.25) is 0 Å². The normalized spacial score (nSPS) is 16.4. The average Bonchev–Trinajstić information content (AvgIpc) is 3.14. The minimum absolute atomic E-state index is 0.591. The Hall–Kier alpha value is -0.660. The Balaban J connectivity index is 1.94. The Bertz CT molecular complexity index is 390. The molecule has 1 aliphatic rings. The fourth-order valence-electron chi connectivity index (χ4n) is 4.93. The van der Waals surface area contributed by atoms with Crippen LogP contribution in [0.15, 0.2) is 12.4 Å². The first-order chi connectivity index (χ1) is 14.7. The van der Waals surface area contributed by atoms with Gasteiger partial charge in [-0.1, -0.05) is 130 Å². The monoisotopic (exact) mass is 420 g/mol. The second-order valence-corrected chi connectivity index (χ2v) is 10.1. The Labute approximate surface area is 190 Å². The zero-order valence-electron chi connectivity index (χ0n) is 21.3. The van der Waals surface area contributed by atoms with Crippen molar-refractivity contribution in [2.75, 3.05) is 13.1 Å². The number of hydrogen-bond acceptors (Lipinski definition) is 2. The van der Waals surface area contributed by atoms with Gasteiger partial charge in [0.1, 0.15) is 6.17 Å². The van der Waals surface area contributed by atoms with Crippen LogP contribution in [0, 0.1) is 5.92 Å². The summed E-state index contributed by atoms with van der Waals surface area (Å²) < 4.78 is 0. The fraction of sp³-hybridized carbons (Fsp3) is 0.929. The third-order valence-corrected chi connectivity index (χ3v) is 6.77. The zero-order chi connectivity index (χ0) is 21.9. The second kappa shape index (κ2) is 19.1. The van der Waals surface area contributed by atoms with Gasteiger partial charge in [0.15, 0.2) is 0 Å². The Morgan fingerprint density at radius 3 is 1.17 bits per heavy atom. The van der Waals surface area contributed by atoms with Crippen molar-refractivity contribution in [2.45, 2.75) is 149 Å². The van der Waals surface area contributed by atoms with Gasteiger partial charge < -0.3 is 9.80 Å².